The number of benzene rings is 1. The standard InChI is InChI=1S/C10H11ClO2/c11-10(12)6-7-13-8-9-4-2-1-3-5-9/h1-5H,6-8H2. The van der Waals surface area contributed by atoms with Gasteiger partial charge in [-0.15, -0.1) is 0 Å². The van der Waals surface area contributed by atoms with Crippen molar-refractivity contribution >= 4 is 16.8 Å². The summed E-state index contributed by atoms with van der Waals surface area (Å²) in [5, 5.41) is -0.354. The molecule has 0 amide bonds. The van der Waals surface area contributed by atoms with Crippen LogP contribution in [0.3, 0.4) is 0 Å². The van der Waals surface area contributed by atoms with Crippen molar-refractivity contribution in [3.63, 3.8) is 0 Å². The van der Waals surface area contributed by atoms with Crippen LogP contribution < -0.4 is 0 Å². The Morgan fingerprint density at radius 2 is 2.00 bits per heavy atom. The molecule has 0 aliphatic carbocycles. The molecule has 0 fully saturated rings. The second kappa shape index (κ2) is 5.73. The summed E-state index contributed by atoms with van der Waals surface area (Å²) in [6.45, 7) is 0.919. The minimum atomic E-state index is -0.354. The molecule has 1 aromatic carbocycles. The molecule has 0 atom stereocenters. The topological polar surface area (TPSA) is 26.3 Å². The van der Waals surface area contributed by atoms with Crippen molar-refractivity contribution in [3.8, 4) is 0 Å². The van der Waals surface area contributed by atoms with Crippen molar-refractivity contribution in [3.05, 3.63) is 35.9 Å². The predicted octanol–water partition coefficient (Wildman–Crippen LogP) is 2.36. The summed E-state index contributed by atoms with van der Waals surface area (Å²) in [6, 6.07) is 9.80. The van der Waals surface area contributed by atoms with Crippen molar-refractivity contribution < 1.29 is 9.53 Å². The van der Waals surface area contributed by atoms with Crippen LogP contribution in [0.25, 0.3) is 0 Å². The summed E-state index contributed by atoms with van der Waals surface area (Å²) in [5.41, 5.74) is 1.10. The van der Waals surface area contributed by atoms with E-state index in [-0.39, 0.29) is 11.7 Å². The molecule has 0 aromatic heterocycles. The first-order valence-electron chi connectivity index (χ1n) is 4.09. The van der Waals surface area contributed by atoms with Gasteiger partial charge in [0.25, 0.3) is 0 Å². The molecule has 0 spiro atoms. The quantitative estimate of drug-likeness (QED) is 0.536. The zero-order chi connectivity index (χ0) is 9.52. The monoisotopic (exact) mass is 198 g/mol. The molecule has 1 rings (SSSR count). The van der Waals surface area contributed by atoms with Crippen molar-refractivity contribution in [2.75, 3.05) is 6.61 Å². The van der Waals surface area contributed by atoms with E-state index in [2.05, 4.69) is 0 Å². The van der Waals surface area contributed by atoms with Crippen LogP contribution in [-0.4, -0.2) is 11.8 Å². The van der Waals surface area contributed by atoms with Crippen LogP contribution >= 0.6 is 11.6 Å². The average Bonchev–Trinajstić information content (AvgIpc) is 2.14. The molecule has 1 aromatic rings. The van der Waals surface area contributed by atoms with Gasteiger partial charge in [-0.1, -0.05) is 30.3 Å². The van der Waals surface area contributed by atoms with E-state index >= 15 is 0 Å². The number of carbonyl (C=O) groups excluding carboxylic acids is 1. The molecule has 13 heavy (non-hydrogen) atoms. The Hall–Kier alpha value is -0.860. The maximum Gasteiger partial charge on any atom is 0.223 e. The fraction of sp³-hybridized carbons (Fsp3) is 0.300. The fourth-order valence-corrected chi connectivity index (χ4v) is 0.994. The van der Waals surface area contributed by atoms with E-state index < -0.39 is 0 Å². The molecule has 70 valence electrons. The van der Waals surface area contributed by atoms with E-state index in [4.69, 9.17) is 16.3 Å². The number of hydrogen-bond donors (Lipinski definition) is 0. The minimum absolute atomic E-state index is 0.272. The molecule has 0 radical (unpaired) electrons. The van der Waals surface area contributed by atoms with Crippen molar-refractivity contribution in [1.82, 2.24) is 0 Å². The highest BCUT2D eigenvalue weighted by molar-refractivity contribution is 6.63. The first kappa shape index (κ1) is 10.2. The summed E-state index contributed by atoms with van der Waals surface area (Å²) in [5.74, 6) is 0. The van der Waals surface area contributed by atoms with Gasteiger partial charge in [0.2, 0.25) is 5.24 Å². The molecule has 0 saturated heterocycles. The molecule has 2 nitrogen and oxygen atoms in total. The SMILES string of the molecule is O=C(Cl)CCOCc1ccccc1. The van der Waals surface area contributed by atoms with Crippen molar-refractivity contribution in [1.29, 1.82) is 0 Å². The lowest BCUT2D eigenvalue weighted by Gasteiger charge is -2.01. The molecule has 0 N–H and O–H groups in total. The third kappa shape index (κ3) is 4.65. The van der Waals surface area contributed by atoms with Crippen LogP contribution in [0, 0.1) is 0 Å². The van der Waals surface area contributed by atoms with Gasteiger partial charge in [-0.2, -0.15) is 0 Å². The summed E-state index contributed by atoms with van der Waals surface area (Å²) < 4.78 is 5.23. The van der Waals surface area contributed by atoms with Crippen molar-refractivity contribution in [2.24, 2.45) is 0 Å². The van der Waals surface area contributed by atoms with E-state index in [9.17, 15) is 4.79 Å². The Morgan fingerprint density at radius 1 is 1.31 bits per heavy atom. The summed E-state index contributed by atoms with van der Waals surface area (Å²) in [7, 11) is 0. The lowest BCUT2D eigenvalue weighted by Crippen LogP contribution is -1.98. The number of halogens is 1. The zero-order valence-electron chi connectivity index (χ0n) is 7.20. The van der Waals surface area contributed by atoms with Gasteiger partial charge in [-0.25, -0.2) is 0 Å². The van der Waals surface area contributed by atoms with Gasteiger partial charge in [0.1, 0.15) is 0 Å². The number of ether oxygens (including phenoxy) is 1. The molecule has 3 heteroatoms. The molecule has 0 aliphatic heterocycles. The highest BCUT2D eigenvalue weighted by atomic mass is 35.5. The summed E-state index contributed by atoms with van der Waals surface area (Å²) in [6.07, 6.45) is 0.272. The number of hydrogen-bond acceptors (Lipinski definition) is 2. The maximum absolute atomic E-state index is 10.3. The first-order chi connectivity index (χ1) is 6.29. The van der Waals surface area contributed by atoms with Gasteiger partial charge in [-0.3, -0.25) is 4.79 Å². The van der Waals surface area contributed by atoms with Gasteiger partial charge < -0.3 is 4.74 Å². The highest BCUT2D eigenvalue weighted by Gasteiger charge is 1.96. The van der Waals surface area contributed by atoms with E-state index in [1.165, 1.54) is 0 Å². The van der Waals surface area contributed by atoms with Gasteiger partial charge in [-0.05, 0) is 17.2 Å². The molecule has 0 saturated carbocycles. The smallest absolute Gasteiger partial charge is 0.223 e. The van der Waals surface area contributed by atoms with E-state index in [0.29, 0.717) is 13.2 Å². The van der Waals surface area contributed by atoms with Crippen LogP contribution in [0.4, 0.5) is 0 Å². The Bertz CT molecular complexity index is 259. The molecular weight excluding hydrogens is 188 g/mol. The molecular formula is C10H11ClO2. The predicted molar refractivity (Wildman–Crippen MR) is 51.6 cm³/mol. The van der Waals surface area contributed by atoms with Gasteiger partial charge >= 0.3 is 0 Å². The summed E-state index contributed by atoms with van der Waals surface area (Å²) in [4.78, 5) is 10.3. The molecule has 0 aliphatic rings. The lowest BCUT2D eigenvalue weighted by atomic mass is 10.2. The van der Waals surface area contributed by atoms with E-state index in [0.717, 1.165) is 5.56 Å². The number of rotatable bonds is 5. The second-order valence-corrected chi connectivity index (χ2v) is 3.06. The van der Waals surface area contributed by atoms with Crippen molar-refractivity contribution in [2.45, 2.75) is 13.0 Å². The van der Waals surface area contributed by atoms with Crippen LogP contribution in [0.2, 0.25) is 0 Å². The zero-order valence-corrected chi connectivity index (χ0v) is 7.96. The molecule has 0 unspecified atom stereocenters. The normalized spacial score (nSPS) is 9.92. The van der Waals surface area contributed by atoms with Gasteiger partial charge in [0.15, 0.2) is 0 Å². The Balaban J connectivity index is 2.17. The minimum Gasteiger partial charge on any atom is -0.376 e. The Labute approximate surface area is 82.5 Å². The van der Waals surface area contributed by atoms with Gasteiger partial charge in [0, 0.05) is 6.42 Å². The first-order valence-corrected chi connectivity index (χ1v) is 4.47. The Morgan fingerprint density at radius 3 is 2.62 bits per heavy atom. The Kier molecular flexibility index (Phi) is 4.50. The summed E-state index contributed by atoms with van der Waals surface area (Å²) >= 11 is 5.14. The largest absolute Gasteiger partial charge is 0.376 e. The van der Waals surface area contributed by atoms with E-state index in [1.807, 2.05) is 30.3 Å². The third-order valence-electron chi connectivity index (χ3n) is 1.55. The molecule has 0 bridgehead atoms. The lowest BCUT2D eigenvalue weighted by molar-refractivity contribution is -0.112. The van der Waals surface area contributed by atoms with Gasteiger partial charge in [0.05, 0.1) is 13.2 Å². The number of carbonyl (C=O) groups is 1. The van der Waals surface area contributed by atoms with Crippen LogP contribution in [-0.2, 0) is 16.1 Å². The van der Waals surface area contributed by atoms with Crippen LogP contribution in [0.5, 0.6) is 0 Å². The molecule has 0 heterocycles. The van der Waals surface area contributed by atoms with Crippen LogP contribution in [0.1, 0.15) is 12.0 Å². The third-order valence-corrected chi connectivity index (χ3v) is 1.74. The fourth-order valence-electron chi connectivity index (χ4n) is 0.917. The maximum atomic E-state index is 10.3. The second-order valence-electron chi connectivity index (χ2n) is 2.64. The van der Waals surface area contributed by atoms with Crippen LogP contribution in [0.15, 0.2) is 30.3 Å². The van der Waals surface area contributed by atoms with E-state index in [1.54, 1.807) is 0 Å². The highest BCUT2D eigenvalue weighted by Crippen LogP contribution is 2.01. The average molecular weight is 199 g/mol.